The van der Waals surface area contributed by atoms with Gasteiger partial charge in [0.05, 0.1) is 11.3 Å². The van der Waals surface area contributed by atoms with Gasteiger partial charge in [-0.3, -0.25) is 14.5 Å². The Balaban J connectivity index is 2.09. The van der Waals surface area contributed by atoms with Crippen molar-refractivity contribution in [3.05, 3.63) is 35.1 Å². The molecule has 2 fully saturated rings. The van der Waals surface area contributed by atoms with Crippen LogP contribution in [0.15, 0.2) is 18.2 Å². The number of hydrogen-bond donors (Lipinski definition) is 0. The molecule has 1 saturated carbocycles. The van der Waals surface area contributed by atoms with Crippen molar-refractivity contribution in [1.82, 2.24) is 4.90 Å². The minimum atomic E-state index is -0.690. The number of rotatable bonds is 1. The topological polar surface area (TPSA) is 37.4 Å². The SMILES string of the molecule is Cc1cc(C23CC2C(=O)N(C)C3=O)ccc1F. The lowest BCUT2D eigenvalue weighted by atomic mass is 9.93. The van der Waals surface area contributed by atoms with Gasteiger partial charge in [-0.1, -0.05) is 12.1 Å². The number of carbonyl (C=O) groups excluding carboxylic acids is 2. The van der Waals surface area contributed by atoms with Crippen LogP contribution >= 0.6 is 0 Å². The molecule has 4 heteroatoms. The maximum Gasteiger partial charge on any atom is 0.240 e. The molecule has 17 heavy (non-hydrogen) atoms. The Morgan fingerprint density at radius 3 is 2.65 bits per heavy atom. The number of likely N-dealkylation sites (N-methyl/N-ethyl adjacent to an activating group) is 1. The van der Waals surface area contributed by atoms with Crippen LogP contribution in [0, 0.1) is 18.7 Å². The van der Waals surface area contributed by atoms with Crippen molar-refractivity contribution in [3.63, 3.8) is 0 Å². The van der Waals surface area contributed by atoms with Gasteiger partial charge in [-0.25, -0.2) is 4.39 Å². The summed E-state index contributed by atoms with van der Waals surface area (Å²) in [7, 11) is 1.51. The molecule has 2 aliphatic rings. The molecular weight excluding hydrogens is 221 g/mol. The Bertz CT molecular complexity index is 554. The van der Waals surface area contributed by atoms with Crippen molar-refractivity contribution >= 4 is 11.8 Å². The monoisotopic (exact) mass is 233 g/mol. The van der Waals surface area contributed by atoms with Crippen LogP contribution in [0.3, 0.4) is 0 Å². The lowest BCUT2D eigenvalue weighted by molar-refractivity contribution is -0.140. The number of hydrogen-bond acceptors (Lipinski definition) is 2. The van der Waals surface area contributed by atoms with Crippen molar-refractivity contribution in [3.8, 4) is 0 Å². The fourth-order valence-corrected chi connectivity index (χ4v) is 2.80. The molecule has 88 valence electrons. The number of carbonyl (C=O) groups is 2. The molecule has 0 spiro atoms. The summed E-state index contributed by atoms with van der Waals surface area (Å²) in [6.07, 6.45) is 0.570. The zero-order valence-corrected chi connectivity index (χ0v) is 9.66. The van der Waals surface area contributed by atoms with E-state index in [0.717, 1.165) is 5.56 Å². The number of benzene rings is 1. The van der Waals surface area contributed by atoms with Crippen LogP contribution in [-0.4, -0.2) is 23.8 Å². The number of piperidine rings is 1. The molecular formula is C13H12FNO2. The second kappa shape index (κ2) is 2.94. The van der Waals surface area contributed by atoms with Crippen molar-refractivity contribution in [2.45, 2.75) is 18.8 Å². The van der Waals surface area contributed by atoms with E-state index < -0.39 is 5.41 Å². The maximum absolute atomic E-state index is 13.2. The van der Waals surface area contributed by atoms with E-state index in [4.69, 9.17) is 0 Å². The predicted molar refractivity (Wildman–Crippen MR) is 58.7 cm³/mol. The zero-order chi connectivity index (χ0) is 12.4. The first-order valence-corrected chi connectivity index (χ1v) is 5.57. The smallest absolute Gasteiger partial charge is 0.240 e. The third kappa shape index (κ3) is 1.10. The summed E-state index contributed by atoms with van der Waals surface area (Å²) in [5, 5.41) is 0. The van der Waals surface area contributed by atoms with Crippen molar-refractivity contribution < 1.29 is 14.0 Å². The van der Waals surface area contributed by atoms with Gasteiger partial charge < -0.3 is 0 Å². The molecule has 0 bridgehead atoms. The molecule has 2 amide bonds. The third-order valence-corrected chi connectivity index (χ3v) is 3.95. The molecule has 1 aliphatic heterocycles. The molecule has 2 unspecified atom stereocenters. The van der Waals surface area contributed by atoms with Gasteiger partial charge in [-0.2, -0.15) is 0 Å². The van der Waals surface area contributed by atoms with Crippen LogP contribution in [0.25, 0.3) is 0 Å². The summed E-state index contributed by atoms with van der Waals surface area (Å²) in [6.45, 7) is 1.66. The van der Waals surface area contributed by atoms with Crippen LogP contribution < -0.4 is 0 Å². The van der Waals surface area contributed by atoms with Crippen molar-refractivity contribution in [1.29, 1.82) is 0 Å². The summed E-state index contributed by atoms with van der Waals surface area (Å²) in [5.41, 5.74) is 0.589. The Hall–Kier alpha value is -1.71. The minimum absolute atomic E-state index is 0.114. The normalized spacial score (nSPS) is 30.8. The number of halogens is 1. The van der Waals surface area contributed by atoms with E-state index in [-0.39, 0.29) is 23.5 Å². The van der Waals surface area contributed by atoms with E-state index in [0.29, 0.717) is 12.0 Å². The van der Waals surface area contributed by atoms with E-state index in [2.05, 4.69) is 0 Å². The second-order valence-electron chi connectivity index (χ2n) is 4.89. The van der Waals surface area contributed by atoms with E-state index in [1.807, 2.05) is 0 Å². The van der Waals surface area contributed by atoms with Crippen LogP contribution in [-0.2, 0) is 15.0 Å². The fourth-order valence-electron chi connectivity index (χ4n) is 2.80. The van der Waals surface area contributed by atoms with Crippen molar-refractivity contribution in [2.75, 3.05) is 7.05 Å². The third-order valence-electron chi connectivity index (χ3n) is 3.95. The molecule has 0 aromatic heterocycles. The molecule has 0 N–H and O–H groups in total. The van der Waals surface area contributed by atoms with Gasteiger partial charge in [-0.05, 0) is 30.5 Å². The van der Waals surface area contributed by atoms with Gasteiger partial charge >= 0.3 is 0 Å². The van der Waals surface area contributed by atoms with Gasteiger partial charge in [0, 0.05) is 7.05 Å². The number of imide groups is 1. The molecule has 2 atom stereocenters. The average Bonchev–Trinajstić information content (AvgIpc) is 3.02. The minimum Gasteiger partial charge on any atom is -0.285 e. The highest BCUT2D eigenvalue weighted by molar-refractivity contribution is 6.14. The molecule has 3 rings (SSSR count). The molecule has 1 aromatic carbocycles. The number of amides is 2. The van der Waals surface area contributed by atoms with E-state index in [1.165, 1.54) is 18.0 Å². The highest BCUT2D eigenvalue weighted by Crippen LogP contribution is 2.60. The van der Waals surface area contributed by atoms with Gasteiger partial charge in [0.25, 0.3) is 0 Å². The Morgan fingerprint density at radius 2 is 2.12 bits per heavy atom. The highest BCUT2D eigenvalue weighted by atomic mass is 19.1. The van der Waals surface area contributed by atoms with Crippen LogP contribution in [0.4, 0.5) is 4.39 Å². The highest BCUT2D eigenvalue weighted by Gasteiger charge is 2.71. The summed E-state index contributed by atoms with van der Waals surface area (Å²) in [6, 6.07) is 4.66. The Morgan fingerprint density at radius 1 is 1.41 bits per heavy atom. The second-order valence-corrected chi connectivity index (χ2v) is 4.89. The van der Waals surface area contributed by atoms with Gasteiger partial charge in [0.1, 0.15) is 5.82 Å². The fraction of sp³-hybridized carbons (Fsp3) is 0.385. The Labute approximate surface area is 98.2 Å². The molecule has 3 nitrogen and oxygen atoms in total. The van der Waals surface area contributed by atoms with Gasteiger partial charge in [0.2, 0.25) is 11.8 Å². The van der Waals surface area contributed by atoms with E-state index in [9.17, 15) is 14.0 Å². The standard InChI is InChI=1S/C13H12FNO2/c1-7-5-8(3-4-10(7)14)13-6-9(13)11(16)15(2)12(13)17/h3-5,9H,6H2,1-2H3. The molecule has 1 heterocycles. The number of fused-ring (bicyclic) bond motifs is 1. The molecule has 1 aliphatic carbocycles. The first kappa shape index (κ1) is 10.4. The lowest BCUT2D eigenvalue weighted by Gasteiger charge is -2.15. The number of nitrogens with zero attached hydrogens (tertiary/aromatic N) is 1. The summed E-state index contributed by atoms with van der Waals surface area (Å²) in [4.78, 5) is 25.0. The molecule has 1 aromatic rings. The zero-order valence-electron chi connectivity index (χ0n) is 9.66. The van der Waals surface area contributed by atoms with Gasteiger partial charge in [-0.15, -0.1) is 0 Å². The molecule has 1 saturated heterocycles. The van der Waals surface area contributed by atoms with Crippen molar-refractivity contribution in [2.24, 2.45) is 5.92 Å². The average molecular weight is 233 g/mol. The molecule has 0 radical (unpaired) electrons. The van der Waals surface area contributed by atoms with Gasteiger partial charge in [0.15, 0.2) is 0 Å². The van der Waals surface area contributed by atoms with Crippen LogP contribution in [0.2, 0.25) is 0 Å². The summed E-state index contributed by atoms with van der Waals surface area (Å²) < 4.78 is 13.2. The maximum atomic E-state index is 13.2. The van der Waals surface area contributed by atoms with Crippen LogP contribution in [0.5, 0.6) is 0 Å². The summed E-state index contributed by atoms with van der Waals surface area (Å²) in [5.74, 6) is -0.784. The largest absolute Gasteiger partial charge is 0.285 e. The number of likely N-dealkylation sites (tertiary alicyclic amines) is 1. The van der Waals surface area contributed by atoms with E-state index >= 15 is 0 Å². The first-order valence-electron chi connectivity index (χ1n) is 5.57. The predicted octanol–water partition coefficient (Wildman–Crippen LogP) is 1.39. The first-order chi connectivity index (χ1) is 7.98. The quantitative estimate of drug-likeness (QED) is 0.687. The lowest BCUT2D eigenvalue weighted by Crippen LogP contribution is -2.32. The van der Waals surface area contributed by atoms with Crippen LogP contribution in [0.1, 0.15) is 17.5 Å². The number of aryl methyl sites for hydroxylation is 1. The van der Waals surface area contributed by atoms with E-state index in [1.54, 1.807) is 19.1 Å². The Kier molecular flexibility index (Phi) is 1.81. The summed E-state index contributed by atoms with van der Waals surface area (Å²) >= 11 is 0.